The quantitative estimate of drug-likeness (QED) is 0.599. The Hall–Kier alpha value is -0.670. The smallest absolute Gasteiger partial charge is 0.357 e. The van der Waals surface area contributed by atoms with Crippen molar-refractivity contribution in [2.45, 2.75) is 19.0 Å². The summed E-state index contributed by atoms with van der Waals surface area (Å²) < 4.78 is 7.51. The van der Waals surface area contributed by atoms with Gasteiger partial charge >= 0.3 is 5.97 Å². The third-order valence-electron chi connectivity index (χ3n) is 2.76. The van der Waals surface area contributed by atoms with Crippen molar-refractivity contribution in [3.63, 3.8) is 0 Å². The first-order valence-electron chi connectivity index (χ1n) is 5.51. The molecule has 1 aromatic rings. The lowest BCUT2D eigenvalue weighted by Gasteiger charge is -2.17. The predicted molar refractivity (Wildman–Crippen MR) is 70.8 cm³/mol. The lowest BCUT2D eigenvalue weighted by molar-refractivity contribution is 0.0507. The Labute approximate surface area is 113 Å². The minimum absolute atomic E-state index is 0.0120. The van der Waals surface area contributed by atoms with Crippen LogP contribution in [0.2, 0.25) is 0 Å². The molecule has 6 nitrogen and oxygen atoms in total. The summed E-state index contributed by atoms with van der Waals surface area (Å²) in [7, 11) is 0. The van der Waals surface area contributed by atoms with Gasteiger partial charge in [0, 0.05) is 19.1 Å². The second kappa shape index (κ2) is 5.32. The molecule has 0 radical (unpaired) electrons. The first-order valence-corrected chi connectivity index (χ1v) is 6.59. The van der Waals surface area contributed by atoms with Crippen LogP contribution in [0.15, 0.2) is 6.20 Å². The molecule has 3 N–H and O–H groups in total. The van der Waals surface area contributed by atoms with Crippen LogP contribution in [-0.2, 0) is 4.74 Å². The van der Waals surface area contributed by atoms with Gasteiger partial charge in [0.05, 0.1) is 22.4 Å². The number of carbonyl (C=O) groups excluding carboxylic acids is 1. The number of ether oxygens (including phenoxy) is 1. The molecule has 0 bridgehead atoms. The number of hydrogen-bond acceptors (Lipinski definition) is 5. The molecule has 94 valence electrons. The number of esters is 1. The van der Waals surface area contributed by atoms with Crippen LogP contribution in [-0.4, -0.2) is 41.5 Å². The molecule has 1 saturated heterocycles. The highest BCUT2D eigenvalue weighted by atomic mass is 127. The fraction of sp³-hybridized carbons (Fsp3) is 0.600. The van der Waals surface area contributed by atoms with Gasteiger partial charge in [-0.05, 0) is 29.5 Å². The number of nitrogens with zero attached hydrogens (tertiary/aromatic N) is 2. The third-order valence-corrected chi connectivity index (χ3v) is 3.55. The van der Waals surface area contributed by atoms with Gasteiger partial charge in [-0.25, -0.2) is 4.79 Å². The molecule has 0 aliphatic carbocycles. The van der Waals surface area contributed by atoms with Gasteiger partial charge in [0.25, 0.3) is 0 Å². The first kappa shape index (κ1) is 12.8. The van der Waals surface area contributed by atoms with Gasteiger partial charge in [0.2, 0.25) is 0 Å². The SMILES string of the molecule is CCOC(=O)c1c(I)cnn1[C@@H]1CNC[C@@H]1N. The fourth-order valence-electron chi connectivity index (χ4n) is 1.94. The Kier molecular flexibility index (Phi) is 4.00. The molecule has 2 rings (SSSR count). The summed E-state index contributed by atoms with van der Waals surface area (Å²) in [5, 5.41) is 7.43. The van der Waals surface area contributed by atoms with Crippen LogP contribution in [0.1, 0.15) is 23.5 Å². The van der Waals surface area contributed by atoms with E-state index in [9.17, 15) is 4.79 Å². The van der Waals surface area contributed by atoms with E-state index in [1.807, 2.05) is 0 Å². The highest BCUT2D eigenvalue weighted by Crippen LogP contribution is 2.21. The van der Waals surface area contributed by atoms with Gasteiger partial charge in [-0.3, -0.25) is 4.68 Å². The molecule has 7 heteroatoms. The molecule has 1 fully saturated rings. The highest BCUT2D eigenvalue weighted by Gasteiger charge is 2.30. The van der Waals surface area contributed by atoms with E-state index in [-0.39, 0.29) is 18.1 Å². The number of halogens is 1. The van der Waals surface area contributed by atoms with Crippen LogP contribution in [0, 0.1) is 3.57 Å². The van der Waals surface area contributed by atoms with E-state index < -0.39 is 0 Å². The van der Waals surface area contributed by atoms with E-state index >= 15 is 0 Å². The maximum atomic E-state index is 11.9. The topological polar surface area (TPSA) is 82.2 Å². The summed E-state index contributed by atoms with van der Waals surface area (Å²) in [5.41, 5.74) is 6.48. The second-order valence-corrected chi connectivity index (χ2v) is 5.06. The van der Waals surface area contributed by atoms with Crippen molar-refractivity contribution in [3.8, 4) is 0 Å². The van der Waals surface area contributed by atoms with Crippen molar-refractivity contribution in [2.24, 2.45) is 5.73 Å². The third kappa shape index (κ3) is 2.45. The number of nitrogens with two attached hydrogens (primary N) is 1. The summed E-state index contributed by atoms with van der Waals surface area (Å²) in [6.45, 7) is 3.61. The Morgan fingerprint density at radius 2 is 2.53 bits per heavy atom. The zero-order valence-electron chi connectivity index (χ0n) is 9.52. The average Bonchev–Trinajstić information content (AvgIpc) is 2.84. The van der Waals surface area contributed by atoms with Crippen molar-refractivity contribution in [1.82, 2.24) is 15.1 Å². The predicted octanol–water partition coefficient (Wildman–Crippen LogP) is 0.136. The summed E-state index contributed by atoms with van der Waals surface area (Å²) in [6.07, 6.45) is 1.66. The fourth-order valence-corrected chi connectivity index (χ4v) is 2.53. The molecule has 2 heterocycles. The molecule has 1 aliphatic rings. The van der Waals surface area contributed by atoms with Crippen molar-refractivity contribution in [3.05, 3.63) is 15.5 Å². The van der Waals surface area contributed by atoms with Crippen LogP contribution in [0.4, 0.5) is 0 Å². The lowest BCUT2D eigenvalue weighted by atomic mass is 10.2. The van der Waals surface area contributed by atoms with Gasteiger partial charge in [0.1, 0.15) is 0 Å². The second-order valence-electron chi connectivity index (χ2n) is 3.90. The van der Waals surface area contributed by atoms with E-state index in [2.05, 4.69) is 33.0 Å². The summed E-state index contributed by atoms with van der Waals surface area (Å²) in [6, 6.07) is -0.0169. The molecule has 0 spiro atoms. The molecular weight excluding hydrogens is 335 g/mol. The molecule has 1 aromatic heterocycles. The maximum absolute atomic E-state index is 11.9. The van der Waals surface area contributed by atoms with Crippen LogP contribution in [0.5, 0.6) is 0 Å². The standard InChI is InChI=1S/C10H15IN4O2/c1-2-17-10(16)9-6(11)3-14-15(9)8-5-13-4-7(8)12/h3,7-8,13H,2,4-5,12H2,1H3/t7-,8+/m0/s1. The molecule has 2 atom stereocenters. The molecule has 0 unspecified atom stereocenters. The molecule has 0 aromatic carbocycles. The molecule has 0 saturated carbocycles. The Bertz CT molecular complexity index is 420. The minimum atomic E-state index is -0.339. The van der Waals surface area contributed by atoms with E-state index in [0.29, 0.717) is 12.3 Å². The van der Waals surface area contributed by atoms with Crippen LogP contribution < -0.4 is 11.1 Å². The van der Waals surface area contributed by atoms with Crippen molar-refractivity contribution < 1.29 is 9.53 Å². The minimum Gasteiger partial charge on any atom is -0.461 e. The van der Waals surface area contributed by atoms with Gasteiger partial charge in [-0.15, -0.1) is 0 Å². The number of nitrogens with one attached hydrogen (secondary N) is 1. The van der Waals surface area contributed by atoms with Crippen LogP contribution >= 0.6 is 22.6 Å². The lowest BCUT2D eigenvalue weighted by Crippen LogP contribution is -2.33. The highest BCUT2D eigenvalue weighted by molar-refractivity contribution is 14.1. The van der Waals surface area contributed by atoms with Gasteiger partial charge in [-0.1, -0.05) is 0 Å². The molecule has 17 heavy (non-hydrogen) atoms. The van der Waals surface area contributed by atoms with E-state index in [0.717, 1.165) is 16.7 Å². The van der Waals surface area contributed by atoms with Crippen LogP contribution in [0.25, 0.3) is 0 Å². The number of carbonyl (C=O) groups is 1. The molecule has 0 amide bonds. The van der Waals surface area contributed by atoms with Gasteiger partial charge < -0.3 is 15.8 Å². The number of rotatable bonds is 3. The summed E-state index contributed by atoms with van der Waals surface area (Å²) >= 11 is 2.08. The summed E-state index contributed by atoms with van der Waals surface area (Å²) in [4.78, 5) is 11.9. The first-order chi connectivity index (χ1) is 8.15. The van der Waals surface area contributed by atoms with E-state index in [1.54, 1.807) is 17.8 Å². The maximum Gasteiger partial charge on any atom is 0.357 e. The number of hydrogen-bond donors (Lipinski definition) is 2. The Morgan fingerprint density at radius 1 is 1.76 bits per heavy atom. The largest absolute Gasteiger partial charge is 0.461 e. The van der Waals surface area contributed by atoms with Crippen molar-refractivity contribution >= 4 is 28.6 Å². The zero-order valence-corrected chi connectivity index (χ0v) is 11.7. The molecular formula is C10H15IN4O2. The Balaban J connectivity index is 2.31. The van der Waals surface area contributed by atoms with Crippen molar-refractivity contribution in [2.75, 3.05) is 19.7 Å². The monoisotopic (exact) mass is 350 g/mol. The van der Waals surface area contributed by atoms with Gasteiger partial charge in [0.15, 0.2) is 5.69 Å². The Morgan fingerprint density at radius 3 is 3.12 bits per heavy atom. The van der Waals surface area contributed by atoms with Crippen LogP contribution in [0.3, 0.4) is 0 Å². The van der Waals surface area contributed by atoms with E-state index in [1.165, 1.54) is 0 Å². The van der Waals surface area contributed by atoms with Crippen molar-refractivity contribution in [1.29, 1.82) is 0 Å². The normalized spacial score (nSPS) is 23.9. The van der Waals surface area contributed by atoms with Gasteiger partial charge in [-0.2, -0.15) is 5.10 Å². The average molecular weight is 350 g/mol. The number of aromatic nitrogens is 2. The summed E-state index contributed by atoms with van der Waals surface area (Å²) in [5.74, 6) is -0.339. The zero-order chi connectivity index (χ0) is 12.4. The van der Waals surface area contributed by atoms with E-state index in [4.69, 9.17) is 10.5 Å². The molecule has 1 aliphatic heterocycles.